The van der Waals surface area contributed by atoms with Gasteiger partial charge in [-0.25, -0.2) is 9.97 Å². The minimum absolute atomic E-state index is 0.214. The van der Waals surface area contributed by atoms with E-state index in [2.05, 4.69) is 33.6 Å². The number of rotatable bonds is 7. The van der Waals surface area contributed by atoms with E-state index in [0.29, 0.717) is 12.8 Å². The molecule has 0 aliphatic carbocycles. The molecule has 1 aromatic rings. The maximum Gasteiger partial charge on any atom is 0.306 e. The Hall–Kier alpha value is -1.85. The molecule has 1 N–H and O–H groups in total. The van der Waals surface area contributed by atoms with Crippen LogP contribution in [0.2, 0.25) is 0 Å². The number of hydrogen-bond acceptors (Lipinski definition) is 5. The van der Waals surface area contributed by atoms with Gasteiger partial charge in [0.05, 0.1) is 5.92 Å². The maximum absolute atomic E-state index is 11.0. The van der Waals surface area contributed by atoms with Crippen LogP contribution < -0.4 is 9.80 Å². The first-order valence-electron chi connectivity index (χ1n) is 8.20. The molecule has 6 nitrogen and oxygen atoms in total. The summed E-state index contributed by atoms with van der Waals surface area (Å²) in [5.41, 5.74) is 0. The van der Waals surface area contributed by atoms with E-state index in [9.17, 15) is 4.79 Å². The topological polar surface area (TPSA) is 69.6 Å². The second-order valence-electron chi connectivity index (χ2n) is 5.82. The fourth-order valence-electron chi connectivity index (χ4n) is 2.92. The van der Waals surface area contributed by atoms with E-state index >= 15 is 0 Å². The lowest BCUT2D eigenvalue weighted by molar-refractivity contribution is -0.142. The summed E-state index contributed by atoms with van der Waals surface area (Å²) in [6, 6.07) is 2.03. The summed E-state index contributed by atoms with van der Waals surface area (Å²) in [6.07, 6.45) is 5.16. The number of carbonyl (C=O) groups is 1. The van der Waals surface area contributed by atoms with Crippen LogP contribution in [0.15, 0.2) is 12.4 Å². The Labute approximate surface area is 132 Å². The SMILES string of the molecule is CCCN(CCC)c1cc(N2CCC(C(=O)O)CC2)ncn1. The van der Waals surface area contributed by atoms with Crippen molar-refractivity contribution < 1.29 is 9.90 Å². The van der Waals surface area contributed by atoms with Crippen molar-refractivity contribution in [1.82, 2.24) is 9.97 Å². The number of carboxylic acid groups (broad SMARTS) is 1. The number of anilines is 2. The van der Waals surface area contributed by atoms with Gasteiger partial charge in [0.15, 0.2) is 0 Å². The molecule has 0 atom stereocenters. The zero-order valence-electron chi connectivity index (χ0n) is 13.5. The third-order valence-electron chi connectivity index (χ3n) is 4.12. The Morgan fingerprint density at radius 3 is 2.45 bits per heavy atom. The summed E-state index contributed by atoms with van der Waals surface area (Å²) in [7, 11) is 0. The van der Waals surface area contributed by atoms with Crippen LogP contribution in [0.1, 0.15) is 39.5 Å². The summed E-state index contributed by atoms with van der Waals surface area (Å²) in [4.78, 5) is 24.3. The molecular weight excluding hydrogens is 280 g/mol. The van der Waals surface area contributed by atoms with Crippen molar-refractivity contribution in [2.75, 3.05) is 36.0 Å². The number of nitrogens with zero attached hydrogens (tertiary/aromatic N) is 4. The highest BCUT2D eigenvalue weighted by molar-refractivity contribution is 5.70. The Morgan fingerprint density at radius 2 is 1.91 bits per heavy atom. The van der Waals surface area contributed by atoms with Crippen molar-refractivity contribution in [1.29, 1.82) is 0 Å². The van der Waals surface area contributed by atoms with Gasteiger partial charge in [-0.3, -0.25) is 4.79 Å². The van der Waals surface area contributed by atoms with Crippen molar-refractivity contribution in [3.63, 3.8) is 0 Å². The van der Waals surface area contributed by atoms with E-state index in [1.807, 2.05) is 6.07 Å². The van der Waals surface area contributed by atoms with Crippen LogP contribution in [0.4, 0.5) is 11.6 Å². The molecule has 0 unspecified atom stereocenters. The molecule has 0 aromatic carbocycles. The van der Waals surface area contributed by atoms with Crippen LogP contribution in [0.5, 0.6) is 0 Å². The Morgan fingerprint density at radius 1 is 1.27 bits per heavy atom. The van der Waals surface area contributed by atoms with E-state index in [-0.39, 0.29) is 5.92 Å². The van der Waals surface area contributed by atoms with E-state index in [0.717, 1.165) is 50.7 Å². The monoisotopic (exact) mass is 306 g/mol. The average Bonchev–Trinajstić information content (AvgIpc) is 2.55. The molecule has 0 spiro atoms. The van der Waals surface area contributed by atoms with Gasteiger partial charge in [-0.2, -0.15) is 0 Å². The van der Waals surface area contributed by atoms with E-state index in [4.69, 9.17) is 5.11 Å². The van der Waals surface area contributed by atoms with Gasteiger partial charge in [-0.1, -0.05) is 13.8 Å². The number of carboxylic acids is 1. The third kappa shape index (κ3) is 4.08. The fraction of sp³-hybridized carbons (Fsp3) is 0.688. The first kappa shape index (κ1) is 16.5. The van der Waals surface area contributed by atoms with Gasteiger partial charge in [0.2, 0.25) is 0 Å². The molecule has 1 fully saturated rings. The summed E-state index contributed by atoms with van der Waals surface area (Å²) < 4.78 is 0. The minimum atomic E-state index is -0.680. The van der Waals surface area contributed by atoms with Gasteiger partial charge in [0.1, 0.15) is 18.0 Å². The largest absolute Gasteiger partial charge is 0.481 e. The number of hydrogen-bond donors (Lipinski definition) is 1. The standard InChI is InChI=1S/C16H26N4O2/c1-3-7-19(8-4-2)14-11-15(18-12-17-14)20-9-5-13(6-10-20)16(21)22/h11-13H,3-10H2,1-2H3,(H,21,22). The van der Waals surface area contributed by atoms with Gasteiger partial charge in [-0.05, 0) is 25.7 Å². The van der Waals surface area contributed by atoms with Gasteiger partial charge >= 0.3 is 5.97 Å². The highest BCUT2D eigenvalue weighted by Crippen LogP contribution is 2.24. The molecule has 1 saturated heterocycles. The fourth-order valence-corrected chi connectivity index (χ4v) is 2.92. The van der Waals surface area contributed by atoms with Crippen molar-refractivity contribution in [2.45, 2.75) is 39.5 Å². The lowest BCUT2D eigenvalue weighted by Gasteiger charge is -2.31. The second-order valence-corrected chi connectivity index (χ2v) is 5.82. The van der Waals surface area contributed by atoms with Crippen LogP contribution in [-0.4, -0.2) is 47.2 Å². The van der Waals surface area contributed by atoms with Crippen LogP contribution >= 0.6 is 0 Å². The van der Waals surface area contributed by atoms with Gasteiger partial charge in [-0.15, -0.1) is 0 Å². The molecule has 1 aromatic heterocycles. The molecule has 122 valence electrons. The number of aliphatic carboxylic acids is 1. The minimum Gasteiger partial charge on any atom is -0.481 e. The lowest BCUT2D eigenvalue weighted by atomic mass is 9.97. The molecule has 6 heteroatoms. The van der Waals surface area contributed by atoms with Gasteiger partial charge in [0, 0.05) is 32.2 Å². The Kier molecular flexibility index (Phi) is 5.98. The molecular formula is C16H26N4O2. The first-order chi connectivity index (χ1) is 10.7. The summed E-state index contributed by atoms with van der Waals surface area (Å²) in [5.74, 6) is 0.981. The average molecular weight is 306 g/mol. The Bertz CT molecular complexity index is 481. The van der Waals surface area contributed by atoms with Crippen molar-refractivity contribution >= 4 is 17.6 Å². The zero-order valence-corrected chi connectivity index (χ0v) is 13.5. The molecule has 0 amide bonds. The third-order valence-corrected chi connectivity index (χ3v) is 4.12. The molecule has 0 saturated carbocycles. The number of piperidine rings is 1. The molecule has 0 radical (unpaired) electrons. The quantitative estimate of drug-likeness (QED) is 0.834. The van der Waals surface area contributed by atoms with E-state index in [1.165, 1.54) is 0 Å². The van der Waals surface area contributed by atoms with Crippen molar-refractivity contribution in [2.24, 2.45) is 5.92 Å². The molecule has 1 aliphatic heterocycles. The normalized spacial score (nSPS) is 15.8. The van der Waals surface area contributed by atoms with Crippen LogP contribution in [0.25, 0.3) is 0 Å². The molecule has 2 heterocycles. The number of aromatic nitrogens is 2. The van der Waals surface area contributed by atoms with Gasteiger partial charge in [0.25, 0.3) is 0 Å². The van der Waals surface area contributed by atoms with Crippen molar-refractivity contribution in [3.05, 3.63) is 12.4 Å². The lowest BCUT2D eigenvalue weighted by Crippen LogP contribution is -2.37. The summed E-state index contributed by atoms with van der Waals surface area (Å²) in [6.45, 7) is 7.81. The highest BCUT2D eigenvalue weighted by atomic mass is 16.4. The predicted octanol–water partition coefficient (Wildman–Crippen LogP) is 2.40. The second kappa shape index (κ2) is 7.96. The molecule has 22 heavy (non-hydrogen) atoms. The van der Waals surface area contributed by atoms with Gasteiger partial charge < -0.3 is 14.9 Å². The highest BCUT2D eigenvalue weighted by Gasteiger charge is 2.25. The molecule has 1 aliphatic rings. The molecule has 0 bridgehead atoms. The predicted molar refractivity (Wildman–Crippen MR) is 87.4 cm³/mol. The van der Waals surface area contributed by atoms with Crippen molar-refractivity contribution in [3.8, 4) is 0 Å². The van der Waals surface area contributed by atoms with E-state index < -0.39 is 5.97 Å². The zero-order chi connectivity index (χ0) is 15.9. The smallest absolute Gasteiger partial charge is 0.306 e. The van der Waals surface area contributed by atoms with Crippen LogP contribution in [0.3, 0.4) is 0 Å². The summed E-state index contributed by atoms with van der Waals surface area (Å²) in [5, 5.41) is 9.08. The maximum atomic E-state index is 11.0. The Balaban J connectivity index is 2.06. The summed E-state index contributed by atoms with van der Waals surface area (Å²) >= 11 is 0. The molecule has 2 rings (SSSR count). The van der Waals surface area contributed by atoms with E-state index in [1.54, 1.807) is 6.33 Å². The first-order valence-corrected chi connectivity index (χ1v) is 8.20. The van der Waals surface area contributed by atoms with Crippen LogP contribution in [0, 0.1) is 5.92 Å². The van der Waals surface area contributed by atoms with Crippen LogP contribution in [-0.2, 0) is 4.79 Å².